The Morgan fingerprint density at radius 3 is 2.15 bits per heavy atom. The Kier molecular flexibility index (Phi) is 3.81. The van der Waals surface area contributed by atoms with Crippen LogP contribution < -0.4 is 4.90 Å². The van der Waals surface area contributed by atoms with Crippen LogP contribution in [0.2, 0.25) is 0 Å². The summed E-state index contributed by atoms with van der Waals surface area (Å²) in [7, 11) is 4.02. The number of non-ortho nitro benzene ring substituents is 1. The van der Waals surface area contributed by atoms with Gasteiger partial charge in [0.1, 0.15) is 0 Å². The minimum atomic E-state index is -0.341. The average Bonchev–Trinajstić information content (AvgIpc) is 2.96. The highest BCUT2D eigenvalue weighted by Gasteiger charge is 2.25. The summed E-state index contributed by atoms with van der Waals surface area (Å²) in [4.78, 5) is 12.9. The van der Waals surface area contributed by atoms with Crippen molar-refractivity contribution in [2.45, 2.75) is 0 Å². The maximum Gasteiger partial charge on any atom is 0.270 e. The van der Waals surface area contributed by atoms with Crippen molar-refractivity contribution in [3.05, 3.63) is 93.5 Å². The molecule has 3 aromatic carbocycles. The standard InChI is InChI=1S/C22H18N2O2/c1-23(2)16-9-7-15(8-10-16)13-21-19-6-4-3-5-18(19)20-12-11-17(24(25)26)14-22(20)21/h3-14H,1-2H3. The molecule has 4 heteroatoms. The van der Waals surface area contributed by atoms with Gasteiger partial charge in [0.15, 0.2) is 0 Å². The van der Waals surface area contributed by atoms with E-state index in [0.29, 0.717) is 0 Å². The van der Waals surface area contributed by atoms with Crippen LogP contribution in [0.25, 0.3) is 22.8 Å². The fourth-order valence-electron chi connectivity index (χ4n) is 3.39. The Morgan fingerprint density at radius 1 is 0.846 bits per heavy atom. The van der Waals surface area contributed by atoms with E-state index in [1.165, 1.54) is 0 Å². The lowest BCUT2D eigenvalue weighted by atomic mass is 10.0. The lowest BCUT2D eigenvalue weighted by Gasteiger charge is -2.12. The molecule has 26 heavy (non-hydrogen) atoms. The Bertz CT molecular complexity index is 1030. The molecule has 0 aromatic heterocycles. The Balaban J connectivity index is 1.88. The Morgan fingerprint density at radius 2 is 1.50 bits per heavy atom. The van der Waals surface area contributed by atoms with Gasteiger partial charge in [0.05, 0.1) is 4.92 Å². The van der Waals surface area contributed by atoms with Gasteiger partial charge in [0.25, 0.3) is 5.69 Å². The van der Waals surface area contributed by atoms with E-state index in [9.17, 15) is 10.1 Å². The number of hydrogen-bond acceptors (Lipinski definition) is 3. The van der Waals surface area contributed by atoms with Crippen LogP contribution in [-0.2, 0) is 0 Å². The molecule has 0 saturated heterocycles. The highest BCUT2D eigenvalue weighted by molar-refractivity contribution is 6.07. The normalized spacial score (nSPS) is 13.4. The molecule has 0 radical (unpaired) electrons. The summed E-state index contributed by atoms with van der Waals surface area (Å²) in [6, 6.07) is 21.5. The van der Waals surface area contributed by atoms with Gasteiger partial charge in [-0.05, 0) is 57.7 Å². The first-order valence-electron chi connectivity index (χ1n) is 8.42. The predicted molar refractivity (Wildman–Crippen MR) is 106 cm³/mol. The number of fused-ring (bicyclic) bond motifs is 3. The largest absolute Gasteiger partial charge is 0.378 e. The zero-order valence-electron chi connectivity index (χ0n) is 14.6. The summed E-state index contributed by atoms with van der Waals surface area (Å²) in [6.07, 6.45) is 2.10. The van der Waals surface area contributed by atoms with Crippen LogP contribution in [0.15, 0.2) is 66.7 Å². The van der Waals surface area contributed by atoms with Crippen LogP contribution in [0.5, 0.6) is 0 Å². The average molecular weight is 342 g/mol. The van der Waals surface area contributed by atoms with Crippen LogP contribution in [-0.4, -0.2) is 19.0 Å². The molecule has 0 spiro atoms. The van der Waals surface area contributed by atoms with Crippen molar-refractivity contribution in [2.75, 3.05) is 19.0 Å². The first-order chi connectivity index (χ1) is 12.5. The molecule has 0 heterocycles. The second-order valence-corrected chi connectivity index (χ2v) is 6.58. The van der Waals surface area contributed by atoms with Crippen molar-refractivity contribution < 1.29 is 4.92 Å². The molecule has 0 bridgehead atoms. The van der Waals surface area contributed by atoms with Crippen molar-refractivity contribution in [1.29, 1.82) is 0 Å². The number of benzene rings is 3. The van der Waals surface area contributed by atoms with Crippen molar-refractivity contribution in [3.8, 4) is 11.1 Å². The number of anilines is 1. The molecule has 0 amide bonds. The lowest BCUT2D eigenvalue weighted by Crippen LogP contribution is -2.07. The molecule has 4 nitrogen and oxygen atoms in total. The molecule has 1 aliphatic rings. The molecule has 3 aromatic rings. The van der Waals surface area contributed by atoms with Crippen LogP contribution in [0.1, 0.15) is 16.7 Å². The van der Waals surface area contributed by atoms with Gasteiger partial charge in [-0.3, -0.25) is 10.1 Å². The molecule has 0 unspecified atom stereocenters. The first-order valence-corrected chi connectivity index (χ1v) is 8.42. The molecule has 0 fully saturated rings. The van der Waals surface area contributed by atoms with E-state index in [2.05, 4.69) is 47.4 Å². The fraction of sp³-hybridized carbons (Fsp3) is 0.0909. The van der Waals surface area contributed by atoms with E-state index < -0.39 is 0 Å². The quantitative estimate of drug-likeness (QED) is 0.378. The predicted octanol–water partition coefficient (Wildman–Crippen LogP) is 5.23. The monoisotopic (exact) mass is 342 g/mol. The van der Waals surface area contributed by atoms with Crippen LogP contribution >= 0.6 is 0 Å². The van der Waals surface area contributed by atoms with Crippen molar-refractivity contribution in [1.82, 2.24) is 0 Å². The minimum Gasteiger partial charge on any atom is -0.378 e. The highest BCUT2D eigenvalue weighted by Crippen LogP contribution is 2.46. The molecular weight excluding hydrogens is 324 g/mol. The van der Waals surface area contributed by atoms with Crippen molar-refractivity contribution in [3.63, 3.8) is 0 Å². The van der Waals surface area contributed by atoms with Gasteiger partial charge < -0.3 is 4.90 Å². The molecule has 128 valence electrons. The van der Waals surface area contributed by atoms with Crippen molar-refractivity contribution in [2.24, 2.45) is 0 Å². The molecular formula is C22H18N2O2. The Labute approximate surface area is 152 Å². The minimum absolute atomic E-state index is 0.116. The van der Waals surface area contributed by atoms with E-state index in [0.717, 1.165) is 39.1 Å². The van der Waals surface area contributed by atoms with Gasteiger partial charge in [0, 0.05) is 31.9 Å². The zero-order valence-corrected chi connectivity index (χ0v) is 14.6. The van der Waals surface area contributed by atoms with Crippen LogP contribution in [0.3, 0.4) is 0 Å². The second kappa shape index (κ2) is 6.15. The zero-order chi connectivity index (χ0) is 18.3. The van der Waals surface area contributed by atoms with Crippen LogP contribution in [0.4, 0.5) is 11.4 Å². The van der Waals surface area contributed by atoms with Crippen LogP contribution in [0, 0.1) is 10.1 Å². The molecule has 4 rings (SSSR count). The van der Waals surface area contributed by atoms with Gasteiger partial charge in [-0.25, -0.2) is 0 Å². The van der Waals surface area contributed by atoms with E-state index in [4.69, 9.17) is 0 Å². The second-order valence-electron chi connectivity index (χ2n) is 6.58. The van der Waals surface area contributed by atoms with Crippen molar-refractivity contribution >= 4 is 23.0 Å². The van der Waals surface area contributed by atoms with E-state index in [1.807, 2.05) is 32.3 Å². The fourth-order valence-corrected chi connectivity index (χ4v) is 3.39. The topological polar surface area (TPSA) is 46.4 Å². The summed E-state index contributed by atoms with van der Waals surface area (Å²) in [6.45, 7) is 0. The van der Waals surface area contributed by atoms with E-state index >= 15 is 0 Å². The Hall–Kier alpha value is -3.40. The van der Waals surface area contributed by atoms with Gasteiger partial charge in [-0.15, -0.1) is 0 Å². The summed E-state index contributed by atoms with van der Waals surface area (Å²) >= 11 is 0. The van der Waals surface area contributed by atoms with Gasteiger partial charge in [-0.1, -0.05) is 36.4 Å². The number of rotatable bonds is 3. The third-order valence-electron chi connectivity index (χ3n) is 4.73. The summed E-state index contributed by atoms with van der Waals surface area (Å²) in [5, 5.41) is 11.2. The molecule has 1 aliphatic carbocycles. The number of nitro benzene ring substituents is 1. The number of nitrogens with zero attached hydrogens (tertiary/aromatic N) is 2. The maximum atomic E-state index is 11.2. The summed E-state index contributed by atoms with van der Waals surface area (Å²) in [5.74, 6) is 0. The molecule has 0 N–H and O–H groups in total. The molecule has 0 aliphatic heterocycles. The first kappa shape index (κ1) is 16.1. The molecule has 0 atom stereocenters. The number of nitro groups is 1. The summed E-state index contributed by atoms with van der Waals surface area (Å²) < 4.78 is 0. The maximum absolute atomic E-state index is 11.2. The SMILES string of the molecule is CN(C)c1ccc(C=C2c3ccccc3-c3ccc([N+](=O)[O-])cc32)cc1. The third kappa shape index (κ3) is 2.65. The highest BCUT2D eigenvalue weighted by atomic mass is 16.6. The van der Waals surface area contributed by atoms with Gasteiger partial charge in [0.2, 0.25) is 0 Å². The smallest absolute Gasteiger partial charge is 0.270 e. The van der Waals surface area contributed by atoms with E-state index in [-0.39, 0.29) is 10.6 Å². The lowest BCUT2D eigenvalue weighted by molar-refractivity contribution is -0.384. The van der Waals surface area contributed by atoms with E-state index in [1.54, 1.807) is 12.1 Å². The van der Waals surface area contributed by atoms with Gasteiger partial charge >= 0.3 is 0 Å². The molecule has 0 saturated carbocycles. The summed E-state index contributed by atoms with van der Waals surface area (Å²) in [5.41, 5.74) is 7.53. The third-order valence-corrected chi connectivity index (χ3v) is 4.73. The van der Waals surface area contributed by atoms with Gasteiger partial charge in [-0.2, -0.15) is 0 Å². The number of hydrogen-bond donors (Lipinski definition) is 0.